The van der Waals surface area contributed by atoms with Crippen molar-refractivity contribution in [1.82, 2.24) is 15.5 Å². The Bertz CT molecular complexity index is 794. The first-order valence-corrected chi connectivity index (χ1v) is 7.48. The zero-order valence-corrected chi connectivity index (χ0v) is 13.4. The fraction of sp³-hybridized carbons (Fsp3) is 0.235. The fourth-order valence-electron chi connectivity index (χ4n) is 2.14. The van der Waals surface area contributed by atoms with E-state index in [0.29, 0.717) is 28.8 Å². The monoisotopic (exact) mass is 327 g/mol. The number of rotatable bonds is 6. The van der Waals surface area contributed by atoms with Crippen molar-refractivity contribution >= 4 is 5.91 Å². The molecule has 0 radical (unpaired) electrons. The number of carbonyl (C=O) groups excluding carboxylic acids is 1. The second-order valence-electron chi connectivity index (χ2n) is 5.25. The summed E-state index contributed by atoms with van der Waals surface area (Å²) in [5, 5.41) is 6.62. The van der Waals surface area contributed by atoms with Crippen LogP contribution in [0.5, 0.6) is 5.75 Å². The Labute approximate surface area is 138 Å². The van der Waals surface area contributed by atoms with Crippen LogP contribution in [0, 0.1) is 6.92 Å². The predicted molar refractivity (Wildman–Crippen MR) is 84.4 cm³/mol. The van der Waals surface area contributed by atoms with Crippen molar-refractivity contribution in [3.05, 3.63) is 65.7 Å². The highest BCUT2D eigenvalue weighted by Crippen LogP contribution is 2.16. The fourth-order valence-corrected chi connectivity index (χ4v) is 2.14. The molecule has 1 N–H and O–H groups in total. The molecule has 0 fully saturated rings. The molecular weight excluding hydrogens is 310 g/mol. The highest BCUT2D eigenvalue weighted by atomic mass is 16.5. The molecule has 0 spiro atoms. The average Bonchev–Trinajstić information content (AvgIpc) is 3.25. The number of carbonyl (C=O) groups is 1. The molecule has 1 aromatic carbocycles. The van der Waals surface area contributed by atoms with E-state index in [4.69, 9.17) is 13.7 Å². The van der Waals surface area contributed by atoms with Gasteiger partial charge in [-0.05, 0) is 43.3 Å². The van der Waals surface area contributed by atoms with Gasteiger partial charge in [-0.1, -0.05) is 5.16 Å². The minimum atomic E-state index is -0.204. The summed E-state index contributed by atoms with van der Waals surface area (Å²) in [6.07, 6.45) is 1.58. The molecule has 2 aromatic heterocycles. The Morgan fingerprint density at radius 3 is 2.71 bits per heavy atom. The van der Waals surface area contributed by atoms with Crippen molar-refractivity contribution < 1.29 is 18.5 Å². The van der Waals surface area contributed by atoms with Crippen LogP contribution < -0.4 is 10.1 Å². The molecule has 7 heteroatoms. The average molecular weight is 327 g/mol. The van der Waals surface area contributed by atoms with E-state index in [1.807, 2.05) is 13.0 Å². The quantitative estimate of drug-likeness (QED) is 0.748. The first-order chi connectivity index (χ1) is 11.6. The second-order valence-corrected chi connectivity index (χ2v) is 5.25. The van der Waals surface area contributed by atoms with Crippen LogP contribution in [0.25, 0.3) is 0 Å². The van der Waals surface area contributed by atoms with Gasteiger partial charge in [0, 0.05) is 12.5 Å². The van der Waals surface area contributed by atoms with Gasteiger partial charge in [0.05, 0.1) is 12.3 Å². The number of ether oxygens (including phenoxy) is 1. The maximum absolute atomic E-state index is 12.2. The summed E-state index contributed by atoms with van der Waals surface area (Å²) in [5.41, 5.74) is 0.538. The zero-order chi connectivity index (χ0) is 16.9. The van der Waals surface area contributed by atoms with Crippen LogP contribution in [0.2, 0.25) is 0 Å². The molecule has 0 saturated carbocycles. The van der Waals surface area contributed by atoms with Gasteiger partial charge in [-0.25, -0.2) is 0 Å². The van der Waals surface area contributed by atoms with E-state index >= 15 is 0 Å². The highest BCUT2D eigenvalue weighted by molar-refractivity contribution is 5.94. The summed E-state index contributed by atoms with van der Waals surface area (Å²) in [6.45, 7) is 3.78. The Morgan fingerprint density at radius 2 is 2.08 bits per heavy atom. The second kappa shape index (κ2) is 6.99. The molecule has 124 valence electrons. The molecule has 3 aromatic rings. The van der Waals surface area contributed by atoms with Crippen molar-refractivity contribution in [3.8, 4) is 5.75 Å². The molecule has 2 heterocycles. The normalized spacial score (nSPS) is 11.9. The van der Waals surface area contributed by atoms with Gasteiger partial charge in [-0.3, -0.25) is 4.79 Å². The van der Waals surface area contributed by atoms with E-state index in [1.165, 1.54) is 0 Å². The van der Waals surface area contributed by atoms with Crippen LogP contribution in [0.4, 0.5) is 0 Å². The Kier molecular flexibility index (Phi) is 4.60. The lowest BCUT2D eigenvalue weighted by Gasteiger charge is -2.11. The van der Waals surface area contributed by atoms with E-state index in [0.717, 1.165) is 0 Å². The zero-order valence-electron chi connectivity index (χ0n) is 13.4. The Morgan fingerprint density at radius 1 is 1.29 bits per heavy atom. The summed E-state index contributed by atoms with van der Waals surface area (Å²) < 4.78 is 15.7. The number of hydrogen-bond donors (Lipinski definition) is 1. The number of nitrogens with one attached hydrogen (secondary N) is 1. The van der Waals surface area contributed by atoms with Crippen LogP contribution in [-0.4, -0.2) is 16.0 Å². The van der Waals surface area contributed by atoms with Crippen molar-refractivity contribution in [2.75, 3.05) is 0 Å². The SMILES string of the molecule is Cc1nc(COc2ccc(C(=O)NC(C)c3ccco3)cc2)no1. The van der Waals surface area contributed by atoms with Gasteiger partial charge < -0.3 is 19.0 Å². The topological polar surface area (TPSA) is 90.4 Å². The number of aryl methyl sites for hydroxylation is 1. The minimum Gasteiger partial charge on any atom is -0.485 e. The summed E-state index contributed by atoms with van der Waals surface area (Å²) >= 11 is 0. The lowest BCUT2D eigenvalue weighted by Crippen LogP contribution is -2.26. The Hall–Kier alpha value is -3.09. The summed E-state index contributed by atoms with van der Waals surface area (Å²) in [7, 11) is 0. The largest absolute Gasteiger partial charge is 0.485 e. The number of hydrogen-bond acceptors (Lipinski definition) is 6. The van der Waals surface area contributed by atoms with Crippen molar-refractivity contribution in [2.45, 2.75) is 26.5 Å². The third-order valence-electron chi connectivity index (χ3n) is 3.37. The molecule has 7 nitrogen and oxygen atoms in total. The molecule has 1 amide bonds. The third kappa shape index (κ3) is 3.81. The van der Waals surface area contributed by atoms with Crippen molar-refractivity contribution in [1.29, 1.82) is 0 Å². The third-order valence-corrected chi connectivity index (χ3v) is 3.37. The van der Waals surface area contributed by atoms with Gasteiger partial charge in [0.1, 0.15) is 11.5 Å². The van der Waals surface area contributed by atoms with Crippen LogP contribution in [0.1, 0.15) is 40.8 Å². The van der Waals surface area contributed by atoms with Gasteiger partial charge in [0.25, 0.3) is 5.91 Å². The molecular formula is C17H17N3O4. The van der Waals surface area contributed by atoms with E-state index in [-0.39, 0.29) is 18.6 Å². The summed E-state index contributed by atoms with van der Waals surface area (Å²) in [4.78, 5) is 16.3. The molecule has 0 aliphatic rings. The van der Waals surface area contributed by atoms with Crippen LogP contribution in [-0.2, 0) is 6.61 Å². The number of nitrogens with zero attached hydrogens (tertiary/aromatic N) is 2. The first kappa shape index (κ1) is 15.8. The smallest absolute Gasteiger partial charge is 0.251 e. The molecule has 1 unspecified atom stereocenters. The Balaban J connectivity index is 1.56. The van der Waals surface area contributed by atoms with Gasteiger partial charge >= 0.3 is 0 Å². The highest BCUT2D eigenvalue weighted by Gasteiger charge is 2.13. The number of benzene rings is 1. The summed E-state index contributed by atoms with van der Waals surface area (Å²) in [5.74, 6) is 2.11. The van der Waals surface area contributed by atoms with Gasteiger partial charge in [-0.2, -0.15) is 4.98 Å². The predicted octanol–water partition coefficient (Wildman–Crippen LogP) is 3.04. The maximum atomic E-state index is 12.2. The number of aromatic nitrogens is 2. The maximum Gasteiger partial charge on any atom is 0.251 e. The van der Waals surface area contributed by atoms with Gasteiger partial charge in [-0.15, -0.1) is 0 Å². The lowest BCUT2D eigenvalue weighted by molar-refractivity contribution is 0.0935. The molecule has 0 saturated heterocycles. The van der Waals surface area contributed by atoms with Crippen LogP contribution in [0.15, 0.2) is 51.6 Å². The summed E-state index contributed by atoms with van der Waals surface area (Å²) in [6, 6.07) is 10.2. The lowest BCUT2D eigenvalue weighted by atomic mass is 10.2. The van der Waals surface area contributed by atoms with E-state index in [9.17, 15) is 4.79 Å². The van der Waals surface area contributed by atoms with Crippen LogP contribution in [0.3, 0.4) is 0 Å². The number of furan rings is 1. The van der Waals surface area contributed by atoms with Gasteiger partial charge in [0.2, 0.25) is 11.7 Å². The molecule has 0 aliphatic heterocycles. The molecule has 0 aliphatic carbocycles. The van der Waals surface area contributed by atoms with E-state index < -0.39 is 0 Å². The minimum absolute atomic E-state index is 0.181. The van der Waals surface area contributed by atoms with Crippen LogP contribution >= 0.6 is 0 Å². The van der Waals surface area contributed by atoms with Crippen molar-refractivity contribution in [2.24, 2.45) is 0 Å². The molecule has 1 atom stereocenters. The number of amides is 1. The molecule has 3 rings (SSSR count). The van der Waals surface area contributed by atoms with Crippen molar-refractivity contribution in [3.63, 3.8) is 0 Å². The first-order valence-electron chi connectivity index (χ1n) is 7.48. The van der Waals surface area contributed by atoms with Gasteiger partial charge in [0.15, 0.2) is 6.61 Å². The van der Waals surface area contributed by atoms with E-state index in [2.05, 4.69) is 15.5 Å². The molecule has 24 heavy (non-hydrogen) atoms. The standard InChI is InChI=1S/C17H17N3O4/c1-11(15-4-3-9-22-15)18-17(21)13-5-7-14(8-6-13)23-10-16-19-12(2)24-20-16/h3-9,11H,10H2,1-2H3,(H,18,21). The van der Waals surface area contributed by atoms with E-state index in [1.54, 1.807) is 43.5 Å². The molecule has 0 bridgehead atoms.